The Morgan fingerprint density at radius 2 is 2.05 bits per heavy atom. The number of aromatic nitrogens is 2. The summed E-state index contributed by atoms with van der Waals surface area (Å²) in [5.74, 6) is 0. The number of hydrogen-bond acceptors (Lipinski definition) is 2. The highest BCUT2D eigenvalue weighted by atomic mass is 15.3. The molecule has 2 atom stereocenters. The Labute approximate surface area is 124 Å². The fourth-order valence-electron chi connectivity index (χ4n) is 3.55. The van der Waals surface area contributed by atoms with Crippen molar-refractivity contribution in [3.05, 3.63) is 17.5 Å². The Balaban J connectivity index is 2.27. The van der Waals surface area contributed by atoms with Crippen LogP contribution in [0.2, 0.25) is 0 Å². The first-order valence-electron chi connectivity index (χ1n) is 8.34. The predicted octanol–water partition coefficient (Wildman–Crippen LogP) is 3.74. The lowest BCUT2D eigenvalue weighted by Gasteiger charge is -2.32. The summed E-state index contributed by atoms with van der Waals surface area (Å²) in [5, 5.41) is 8.67. The molecule has 0 spiro atoms. The molecule has 3 nitrogen and oxygen atoms in total. The Morgan fingerprint density at radius 1 is 1.30 bits per heavy atom. The van der Waals surface area contributed by atoms with Gasteiger partial charge in [-0.2, -0.15) is 5.10 Å². The van der Waals surface area contributed by atoms with Gasteiger partial charge in [-0.25, -0.2) is 0 Å². The van der Waals surface area contributed by atoms with Gasteiger partial charge < -0.3 is 5.32 Å². The van der Waals surface area contributed by atoms with Gasteiger partial charge in [-0.15, -0.1) is 0 Å². The molecule has 0 saturated heterocycles. The zero-order valence-electron chi connectivity index (χ0n) is 13.9. The van der Waals surface area contributed by atoms with Crippen LogP contribution in [0.5, 0.6) is 0 Å². The third kappa shape index (κ3) is 2.93. The zero-order chi connectivity index (χ0) is 14.8. The molecule has 1 fully saturated rings. The van der Waals surface area contributed by atoms with Crippen molar-refractivity contribution >= 4 is 0 Å². The monoisotopic (exact) mass is 277 g/mol. The molecular weight excluding hydrogens is 246 g/mol. The fraction of sp³-hybridized carbons (Fsp3) is 0.824. The molecule has 0 aliphatic heterocycles. The molecule has 1 saturated carbocycles. The lowest BCUT2D eigenvalue weighted by atomic mass is 9.86. The summed E-state index contributed by atoms with van der Waals surface area (Å²) in [6.45, 7) is 12.6. The maximum Gasteiger partial charge on any atom is 0.0680 e. The standard InChI is InChI=1S/C17H31N3/c1-6-11-18-16-15(9-10-17(16,4)5)20-14(8-3)12-13(7-2)19-20/h12,15-16,18H,6-11H2,1-5H3. The van der Waals surface area contributed by atoms with E-state index in [-0.39, 0.29) is 0 Å². The van der Waals surface area contributed by atoms with E-state index in [1.54, 1.807) is 0 Å². The van der Waals surface area contributed by atoms with Crippen LogP contribution >= 0.6 is 0 Å². The van der Waals surface area contributed by atoms with Gasteiger partial charge in [0.2, 0.25) is 0 Å². The highest BCUT2D eigenvalue weighted by Gasteiger charge is 2.43. The van der Waals surface area contributed by atoms with Crippen LogP contribution < -0.4 is 5.32 Å². The molecule has 1 heterocycles. The molecule has 3 heteroatoms. The van der Waals surface area contributed by atoms with E-state index in [9.17, 15) is 0 Å². The minimum absolute atomic E-state index is 0.364. The number of hydrogen-bond donors (Lipinski definition) is 1. The highest BCUT2D eigenvalue weighted by Crippen LogP contribution is 2.44. The number of rotatable bonds is 6. The normalized spacial score (nSPS) is 25.2. The van der Waals surface area contributed by atoms with E-state index < -0.39 is 0 Å². The summed E-state index contributed by atoms with van der Waals surface area (Å²) in [6, 6.07) is 3.35. The third-order valence-electron chi connectivity index (χ3n) is 4.83. The number of nitrogens with zero attached hydrogens (tertiary/aromatic N) is 2. The van der Waals surface area contributed by atoms with Crippen molar-refractivity contribution in [2.75, 3.05) is 6.54 Å². The average Bonchev–Trinajstić information content (AvgIpc) is 2.96. The van der Waals surface area contributed by atoms with Gasteiger partial charge in [0, 0.05) is 11.7 Å². The van der Waals surface area contributed by atoms with E-state index in [1.165, 1.54) is 30.7 Å². The van der Waals surface area contributed by atoms with E-state index in [1.807, 2.05) is 0 Å². The van der Waals surface area contributed by atoms with Crippen LogP contribution in [0.3, 0.4) is 0 Å². The van der Waals surface area contributed by atoms with Gasteiger partial charge >= 0.3 is 0 Å². The molecule has 0 amide bonds. The lowest BCUT2D eigenvalue weighted by Crippen LogP contribution is -2.43. The summed E-state index contributed by atoms with van der Waals surface area (Å²) in [6.07, 6.45) is 5.82. The molecule has 1 aromatic heterocycles. The van der Waals surface area contributed by atoms with Crippen molar-refractivity contribution in [1.29, 1.82) is 0 Å². The van der Waals surface area contributed by atoms with Gasteiger partial charge in [0.1, 0.15) is 0 Å². The van der Waals surface area contributed by atoms with Gasteiger partial charge in [-0.05, 0) is 50.1 Å². The molecule has 0 aromatic carbocycles. The maximum atomic E-state index is 4.88. The molecule has 20 heavy (non-hydrogen) atoms. The Morgan fingerprint density at radius 3 is 2.65 bits per heavy atom. The summed E-state index contributed by atoms with van der Waals surface area (Å²) >= 11 is 0. The minimum Gasteiger partial charge on any atom is -0.311 e. The van der Waals surface area contributed by atoms with Gasteiger partial charge in [-0.3, -0.25) is 4.68 Å². The second kappa shape index (κ2) is 6.30. The van der Waals surface area contributed by atoms with E-state index in [4.69, 9.17) is 5.10 Å². The molecule has 1 aliphatic carbocycles. The molecule has 2 rings (SSSR count). The highest BCUT2D eigenvalue weighted by molar-refractivity contribution is 5.13. The third-order valence-corrected chi connectivity index (χ3v) is 4.83. The van der Waals surface area contributed by atoms with Gasteiger partial charge in [-0.1, -0.05) is 34.6 Å². The van der Waals surface area contributed by atoms with Crippen LogP contribution in [0, 0.1) is 5.41 Å². The van der Waals surface area contributed by atoms with Gasteiger partial charge in [0.25, 0.3) is 0 Å². The molecule has 114 valence electrons. The van der Waals surface area contributed by atoms with Crippen molar-refractivity contribution in [3.8, 4) is 0 Å². The Bertz CT molecular complexity index is 433. The molecule has 0 bridgehead atoms. The molecular formula is C17H31N3. The molecule has 1 aliphatic rings. The first-order valence-corrected chi connectivity index (χ1v) is 8.34. The smallest absolute Gasteiger partial charge is 0.0680 e. The van der Waals surface area contributed by atoms with Crippen LogP contribution in [0.25, 0.3) is 0 Å². The first-order chi connectivity index (χ1) is 9.53. The lowest BCUT2D eigenvalue weighted by molar-refractivity contribution is 0.239. The molecule has 1 N–H and O–H groups in total. The van der Waals surface area contributed by atoms with Crippen LogP contribution in [-0.2, 0) is 12.8 Å². The predicted molar refractivity (Wildman–Crippen MR) is 85.1 cm³/mol. The van der Waals surface area contributed by atoms with Crippen LogP contribution in [0.15, 0.2) is 6.07 Å². The van der Waals surface area contributed by atoms with Crippen LogP contribution in [0.1, 0.15) is 71.3 Å². The minimum atomic E-state index is 0.364. The fourth-order valence-corrected chi connectivity index (χ4v) is 3.55. The second-order valence-electron chi connectivity index (χ2n) is 6.81. The van der Waals surface area contributed by atoms with Crippen molar-refractivity contribution in [2.24, 2.45) is 5.41 Å². The summed E-state index contributed by atoms with van der Waals surface area (Å²) in [7, 11) is 0. The van der Waals surface area contributed by atoms with Crippen LogP contribution in [0.4, 0.5) is 0 Å². The largest absolute Gasteiger partial charge is 0.311 e. The Kier molecular flexibility index (Phi) is 4.90. The summed E-state index contributed by atoms with van der Waals surface area (Å²) in [5.41, 5.74) is 3.00. The average molecular weight is 277 g/mol. The van der Waals surface area contributed by atoms with Gasteiger partial charge in [0.15, 0.2) is 0 Å². The first kappa shape index (κ1) is 15.6. The topological polar surface area (TPSA) is 29.9 Å². The quantitative estimate of drug-likeness (QED) is 0.858. The van der Waals surface area contributed by atoms with Crippen molar-refractivity contribution in [3.63, 3.8) is 0 Å². The maximum absolute atomic E-state index is 4.88. The van der Waals surface area contributed by atoms with E-state index in [0.717, 1.165) is 19.4 Å². The zero-order valence-corrected chi connectivity index (χ0v) is 13.9. The SMILES string of the molecule is CCCNC1C(n2nc(CC)cc2CC)CCC1(C)C. The Hall–Kier alpha value is -0.830. The molecule has 2 unspecified atom stereocenters. The van der Waals surface area contributed by atoms with Crippen molar-refractivity contribution < 1.29 is 0 Å². The van der Waals surface area contributed by atoms with E-state index >= 15 is 0 Å². The molecule has 1 aromatic rings. The second-order valence-corrected chi connectivity index (χ2v) is 6.81. The van der Waals surface area contributed by atoms with Crippen molar-refractivity contribution in [1.82, 2.24) is 15.1 Å². The van der Waals surface area contributed by atoms with Crippen molar-refractivity contribution in [2.45, 2.75) is 78.8 Å². The van der Waals surface area contributed by atoms with E-state index in [0.29, 0.717) is 17.5 Å². The number of aryl methyl sites for hydroxylation is 2. The van der Waals surface area contributed by atoms with Crippen LogP contribution in [-0.4, -0.2) is 22.4 Å². The summed E-state index contributed by atoms with van der Waals surface area (Å²) in [4.78, 5) is 0. The summed E-state index contributed by atoms with van der Waals surface area (Å²) < 4.78 is 2.33. The molecule has 0 radical (unpaired) electrons. The van der Waals surface area contributed by atoms with E-state index in [2.05, 4.69) is 50.7 Å². The van der Waals surface area contributed by atoms with Gasteiger partial charge in [0.05, 0.1) is 11.7 Å². The number of nitrogens with one attached hydrogen (secondary N) is 1.